The van der Waals surface area contributed by atoms with E-state index in [1.165, 1.54) is 0 Å². The number of nitrogens with one attached hydrogen (secondary N) is 1. The average molecular weight is 493 g/mol. The minimum Gasteiger partial charge on any atom is -0.370 e. The molecule has 2 N–H and O–H groups in total. The summed E-state index contributed by atoms with van der Waals surface area (Å²) in [7, 11) is 2.05. The third kappa shape index (κ3) is 6.83. The first-order valence-electron chi connectivity index (χ1n) is 11.7. The number of piperazine rings is 1. The van der Waals surface area contributed by atoms with Crippen LogP contribution in [-0.2, 0) is 11.3 Å². The number of aromatic nitrogens is 1. The van der Waals surface area contributed by atoms with E-state index in [9.17, 15) is 23.2 Å². The topological polar surface area (TPSA) is 75.2 Å². The Morgan fingerprint density at radius 1 is 1.11 bits per heavy atom. The maximum atomic E-state index is 12.9. The smallest absolute Gasteiger partial charge is 0.370 e. The minimum atomic E-state index is -4.17. The Morgan fingerprint density at radius 2 is 1.83 bits per heavy atom. The highest BCUT2D eigenvalue weighted by Gasteiger charge is 2.43. The Bertz CT molecular complexity index is 978. The molecule has 8 nitrogen and oxygen atoms in total. The summed E-state index contributed by atoms with van der Waals surface area (Å²) in [6.45, 7) is 4.02. The lowest BCUT2D eigenvalue weighted by atomic mass is 10.1. The molecule has 0 bridgehead atoms. The molecular weight excluding hydrogens is 461 g/mol. The average Bonchev–Trinajstić information content (AvgIpc) is 3.33. The van der Waals surface area contributed by atoms with Gasteiger partial charge in [-0.3, -0.25) is 14.9 Å². The van der Waals surface area contributed by atoms with Gasteiger partial charge in [-0.05, 0) is 43.3 Å². The van der Waals surface area contributed by atoms with E-state index in [2.05, 4.69) is 15.2 Å². The first-order chi connectivity index (χ1) is 16.7. The maximum Gasteiger partial charge on any atom is 0.393 e. The van der Waals surface area contributed by atoms with Crippen molar-refractivity contribution in [3.8, 4) is 0 Å². The van der Waals surface area contributed by atoms with E-state index < -0.39 is 12.1 Å². The number of likely N-dealkylation sites (N-methyl/N-ethyl adjacent to an activating group) is 1. The first-order valence-corrected chi connectivity index (χ1v) is 11.7. The summed E-state index contributed by atoms with van der Waals surface area (Å²) in [5.41, 5.74) is 2.21. The normalized spacial score (nSPS) is 19.7. The van der Waals surface area contributed by atoms with E-state index in [-0.39, 0.29) is 32.0 Å². The van der Waals surface area contributed by atoms with Crippen LogP contribution in [0.3, 0.4) is 0 Å². The van der Waals surface area contributed by atoms with Crippen molar-refractivity contribution >= 4 is 23.1 Å². The molecule has 4 rings (SSSR count). The Balaban J connectivity index is 1.25. The van der Waals surface area contributed by atoms with Crippen molar-refractivity contribution in [1.82, 2.24) is 19.8 Å². The fourth-order valence-corrected chi connectivity index (χ4v) is 4.29. The molecule has 2 saturated heterocycles. The molecule has 0 radical (unpaired) electrons. The lowest BCUT2D eigenvalue weighted by molar-refractivity contribution is -0.169. The van der Waals surface area contributed by atoms with Gasteiger partial charge < -0.3 is 15.1 Å². The Kier molecular flexibility index (Phi) is 7.78. The van der Waals surface area contributed by atoms with Crippen molar-refractivity contribution in [2.45, 2.75) is 19.1 Å². The van der Waals surface area contributed by atoms with Gasteiger partial charge in [0.2, 0.25) is 0 Å². The van der Waals surface area contributed by atoms with E-state index in [1.54, 1.807) is 23.2 Å². The largest absolute Gasteiger partial charge is 0.393 e. The SMILES string of the molecule is CN1CCN(CC(=O)N(O)Cc2ccc(Nc3ccc(N4CCC(C(F)(F)F)C4)cn3)cc2)CC1. The van der Waals surface area contributed by atoms with Crippen LogP contribution in [0, 0.1) is 5.92 Å². The highest BCUT2D eigenvalue weighted by Crippen LogP contribution is 2.35. The van der Waals surface area contributed by atoms with Crippen molar-refractivity contribution in [2.24, 2.45) is 5.92 Å². The van der Waals surface area contributed by atoms with Crippen LogP contribution >= 0.6 is 0 Å². The molecule has 2 aliphatic rings. The third-order valence-corrected chi connectivity index (χ3v) is 6.57. The maximum absolute atomic E-state index is 12.9. The Labute approximate surface area is 202 Å². The van der Waals surface area contributed by atoms with Gasteiger partial charge in [0, 0.05) is 45.0 Å². The molecule has 3 heterocycles. The fourth-order valence-electron chi connectivity index (χ4n) is 4.29. The number of hydrogen-bond acceptors (Lipinski definition) is 7. The van der Waals surface area contributed by atoms with Crippen molar-refractivity contribution < 1.29 is 23.2 Å². The second-order valence-electron chi connectivity index (χ2n) is 9.23. The van der Waals surface area contributed by atoms with Gasteiger partial charge in [0.05, 0.1) is 30.9 Å². The number of alkyl halides is 3. The molecule has 35 heavy (non-hydrogen) atoms. The van der Waals surface area contributed by atoms with E-state index in [0.717, 1.165) is 42.5 Å². The predicted octanol–water partition coefficient (Wildman–Crippen LogP) is 3.18. The number of halogens is 3. The molecule has 190 valence electrons. The number of carbonyl (C=O) groups is 1. The lowest BCUT2D eigenvalue weighted by Gasteiger charge is -2.32. The second-order valence-corrected chi connectivity index (χ2v) is 9.23. The molecule has 2 aliphatic heterocycles. The molecule has 11 heteroatoms. The zero-order valence-electron chi connectivity index (χ0n) is 19.7. The van der Waals surface area contributed by atoms with Gasteiger partial charge in [-0.2, -0.15) is 13.2 Å². The molecule has 0 saturated carbocycles. The van der Waals surface area contributed by atoms with Gasteiger partial charge in [0.25, 0.3) is 5.91 Å². The van der Waals surface area contributed by atoms with Crippen molar-refractivity contribution in [3.63, 3.8) is 0 Å². The summed E-state index contributed by atoms with van der Waals surface area (Å²) in [6, 6.07) is 10.8. The van der Waals surface area contributed by atoms with Crippen molar-refractivity contribution in [2.75, 3.05) is 63.1 Å². The molecule has 1 aromatic heterocycles. The van der Waals surface area contributed by atoms with Gasteiger partial charge in [0.1, 0.15) is 5.82 Å². The van der Waals surface area contributed by atoms with E-state index in [0.29, 0.717) is 18.1 Å². The molecule has 1 amide bonds. The van der Waals surface area contributed by atoms with E-state index in [1.807, 2.05) is 36.2 Å². The summed E-state index contributed by atoms with van der Waals surface area (Å²) in [6.07, 6.45) is -2.49. The van der Waals surface area contributed by atoms with Crippen LogP contribution in [0.15, 0.2) is 42.6 Å². The molecule has 1 aromatic carbocycles. The zero-order valence-corrected chi connectivity index (χ0v) is 19.7. The van der Waals surface area contributed by atoms with Crippen LogP contribution in [-0.4, -0.2) is 90.0 Å². The van der Waals surface area contributed by atoms with Crippen molar-refractivity contribution in [3.05, 3.63) is 48.2 Å². The number of hydroxylamine groups is 2. The summed E-state index contributed by atoms with van der Waals surface area (Å²) in [5.74, 6) is -1.06. The molecule has 1 atom stereocenters. The Morgan fingerprint density at radius 3 is 2.43 bits per heavy atom. The number of anilines is 3. The van der Waals surface area contributed by atoms with Crippen LogP contribution in [0.5, 0.6) is 0 Å². The van der Waals surface area contributed by atoms with E-state index >= 15 is 0 Å². The van der Waals surface area contributed by atoms with Crippen LogP contribution < -0.4 is 10.2 Å². The van der Waals surface area contributed by atoms with E-state index in [4.69, 9.17) is 0 Å². The standard InChI is InChI=1S/C24H31F3N6O2/c1-30-10-12-31(13-11-30)17-23(34)33(35)15-18-2-4-20(5-3-18)29-22-7-6-21(14-28-22)32-9-8-19(16-32)24(25,26)27/h2-7,14,19,35H,8-13,15-17H2,1H3,(H,28,29). The number of nitrogens with zero attached hydrogens (tertiary/aromatic N) is 5. The summed E-state index contributed by atoms with van der Waals surface area (Å²) in [4.78, 5) is 22.6. The van der Waals surface area contributed by atoms with Crippen LogP contribution in [0.4, 0.5) is 30.4 Å². The molecule has 0 aliphatic carbocycles. The monoisotopic (exact) mass is 492 g/mol. The Hall–Kier alpha value is -2.89. The van der Waals surface area contributed by atoms with Gasteiger partial charge in [-0.1, -0.05) is 12.1 Å². The molecule has 2 fully saturated rings. The fraction of sp³-hybridized carbons (Fsp3) is 0.500. The number of hydrogen-bond donors (Lipinski definition) is 2. The van der Waals surface area contributed by atoms with Gasteiger partial charge >= 0.3 is 6.18 Å². The lowest BCUT2D eigenvalue weighted by Crippen LogP contribution is -2.48. The highest BCUT2D eigenvalue weighted by atomic mass is 19.4. The minimum absolute atomic E-state index is 0.0425. The summed E-state index contributed by atoms with van der Waals surface area (Å²) >= 11 is 0. The molecule has 1 unspecified atom stereocenters. The number of rotatable bonds is 7. The van der Waals surface area contributed by atoms with Crippen molar-refractivity contribution in [1.29, 1.82) is 0 Å². The summed E-state index contributed by atoms with van der Waals surface area (Å²) in [5, 5.41) is 14.1. The van der Waals surface area contributed by atoms with Crippen LogP contribution in [0.2, 0.25) is 0 Å². The first kappa shape index (κ1) is 25.2. The third-order valence-electron chi connectivity index (χ3n) is 6.57. The number of pyridine rings is 1. The quantitative estimate of drug-likeness (QED) is 0.454. The van der Waals surface area contributed by atoms with Gasteiger partial charge in [-0.15, -0.1) is 0 Å². The van der Waals surface area contributed by atoms with Gasteiger partial charge in [-0.25, -0.2) is 10.0 Å². The predicted molar refractivity (Wildman–Crippen MR) is 127 cm³/mol. The zero-order chi connectivity index (χ0) is 25.0. The molecular formula is C24H31F3N6O2. The van der Waals surface area contributed by atoms with Crippen LogP contribution in [0.1, 0.15) is 12.0 Å². The number of amides is 1. The highest BCUT2D eigenvalue weighted by molar-refractivity contribution is 5.77. The number of carbonyl (C=O) groups excluding carboxylic acids is 1. The molecule has 0 spiro atoms. The van der Waals surface area contributed by atoms with Crippen LogP contribution in [0.25, 0.3) is 0 Å². The molecule has 2 aromatic rings. The second kappa shape index (κ2) is 10.8. The summed E-state index contributed by atoms with van der Waals surface area (Å²) < 4.78 is 38.7. The van der Waals surface area contributed by atoms with Gasteiger partial charge in [0.15, 0.2) is 0 Å². The number of benzene rings is 1.